The van der Waals surface area contributed by atoms with Gasteiger partial charge in [-0.1, -0.05) is 35.9 Å². The molecule has 2 aromatic carbocycles. The molecule has 5 nitrogen and oxygen atoms in total. The molecule has 2 N–H and O–H groups in total. The van der Waals surface area contributed by atoms with Crippen molar-refractivity contribution in [1.82, 2.24) is 9.97 Å². The maximum atomic E-state index is 13.3. The smallest absolute Gasteiger partial charge is 0.202 e. The fraction of sp³-hybridized carbons (Fsp3) is 0.0435. The molecule has 0 amide bonds. The van der Waals surface area contributed by atoms with Crippen LogP contribution in [0.3, 0.4) is 0 Å². The van der Waals surface area contributed by atoms with E-state index in [-0.39, 0.29) is 11.2 Å². The molecule has 0 saturated carbocycles. The number of hydrogen-bond acceptors (Lipinski definition) is 4. The lowest BCUT2D eigenvalue weighted by atomic mass is 10.1. The summed E-state index contributed by atoms with van der Waals surface area (Å²) in [5.41, 5.74) is 3.85. The molecule has 0 unspecified atom stereocenters. The van der Waals surface area contributed by atoms with Crippen molar-refractivity contribution in [3.8, 4) is 17.0 Å². The van der Waals surface area contributed by atoms with Crippen molar-refractivity contribution in [1.29, 1.82) is 0 Å². The third-order valence-corrected chi connectivity index (χ3v) is 5.24. The second-order valence-corrected chi connectivity index (χ2v) is 7.15. The third-order valence-electron chi connectivity index (χ3n) is 4.94. The number of nitrogens with zero attached hydrogens (tertiary/aromatic N) is 1. The molecule has 3 heterocycles. The number of fused-ring (bicyclic) bond motifs is 2. The first-order valence-electron chi connectivity index (χ1n) is 9.07. The highest BCUT2D eigenvalue weighted by atomic mass is 35.5. The molecule has 0 saturated heterocycles. The van der Waals surface area contributed by atoms with Gasteiger partial charge in [0, 0.05) is 18.2 Å². The Hall–Kier alpha value is -3.57. The van der Waals surface area contributed by atoms with E-state index in [0.717, 1.165) is 11.3 Å². The Balaban J connectivity index is 1.82. The van der Waals surface area contributed by atoms with E-state index >= 15 is 0 Å². The summed E-state index contributed by atoms with van der Waals surface area (Å²) in [5.74, 6) is 0.199. The van der Waals surface area contributed by atoms with Crippen LogP contribution in [0.5, 0.6) is 5.75 Å². The molecular weight excluding hydrogens is 388 g/mol. The molecule has 0 spiro atoms. The fourth-order valence-electron chi connectivity index (χ4n) is 3.57. The number of aromatic nitrogens is 2. The highest BCUT2D eigenvalue weighted by Crippen LogP contribution is 2.34. The zero-order chi connectivity index (χ0) is 20.0. The maximum Gasteiger partial charge on any atom is 0.202 e. The number of phenolic OH excluding ortho intramolecular Hbond substituents is 1. The standard InChI is InChI=1S/C23H15ClN2O3/c24-23-16(5-3-11-25-23)20-19-21(28)15-4-1-2-6-18(15)29-22(19)17(26-20)12-13-7-9-14(27)10-8-13/h1-11,26-27H,12H2. The molecule has 29 heavy (non-hydrogen) atoms. The number of halogens is 1. The van der Waals surface area contributed by atoms with Gasteiger partial charge in [-0.25, -0.2) is 4.98 Å². The molecule has 5 rings (SSSR count). The van der Waals surface area contributed by atoms with Crippen LogP contribution in [0, 0.1) is 0 Å². The minimum Gasteiger partial charge on any atom is -0.508 e. The highest BCUT2D eigenvalue weighted by Gasteiger charge is 2.21. The molecule has 0 bridgehead atoms. The molecule has 0 fully saturated rings. The molecule has 0 aliphatic carbocycles. The summed E-state index contributed by atoms with van der Waals surface area (Å²) >= 11 is 6.33. The van der Waals surface area contributed by atoms with Gasteiger partial charge in [-0.05, 0) is 42.0 Å². The van der Waals surface area contributed by atoms with Gasteiger partial charge in [0.15, 0.2) is 5.58 Å². The lowest BCUT2D eigenvalue weighted by Gasteiger charge is -2.02. The van der Waals surface area contributed by atoms with Crippen LogP contribution in [0.4, 0.5) is 0 Å². The Labute approximate surface area is 170 Å². The van der Waals surface area contributed by atoms with E-state index in [4.69, 9.17) is 16.0 Å². The number of nitrogens with one attached hydrogen (secondary N) is 1. The van der Waals surface area contributed by atoms with E-state index in [2.05, 4.69) is 9.97 Å². The minimum atomic E-state index is -0.120. The van der Waals surface area contributed by atoms with Crippen LogP contribution in [0.15, 0.2) is 76.1 Å². The normalized spacial score (nSPS) is 11.3. The van der Waals surface area contributed by atoms with Crippen molar-refractivity contribution >= 4 is 33.5 Å². The van der Waals surface area contributed by atoms with Crippen LogP contribution in [0.1, 0.15) is 11.3 Å². The molecule has 142 valence electrons. The number of para-hydroxylation sites is 1. The summed E-state index contributed by atoms with van der Waals surface area (Å²) in [7, 11) is 0. The van der Waals surface area contributed by atoms with E-state index in [1.807, 2.05) is 30.3 Å². The van der Waals surface area contributed by atoms with E-state index in [9.17, 15) is 9.90 Å². The SMILES string of the molecule is O=c1c2ccccc2oc2c(Cc3ccc(O)cc3)[nH]c(-c3cccnc3Cl)c12. The summed E-state index contributed by atoms with van der Waals surface area (Å²) < 4.78 is 6.15. The van der Waals surface area contributed by atoms with Crippen molar-refractivity contribution in [3.05, 3.63) is 93.5 Å². The Bertz CT molecular complexity index is 1420. The maximum absolute atomic E-state index is 13.3. The Kier molecular flexibility index (Phi) is 4.11. The average molecular weight is 403 g/mol. The number of aromatic amines is 1. The number of hydrogen-bond donors (Lipinski definition) is 2. The summed E-state index contributed by atoms with van der Waals surface area (Å²) in [4.78, 5) is 20.8. The molecule has 6 heteroatoms. The van der Waals surface area contributed by atoms with E-state index in [1.165, 1.54) is 0 Å². The van der Waals surface area contributed by atoms with Gasteiger partial charge in [0.05, 0.1) is 22.2 Å². The predicted molar refractivity (Wildman–Crippen MR) is 113 cm³/mol. The van der Waals surface area contributed by atoms with Gasteiger partial charge >= 0.3 is 0 Å². The molecule has 0 aliphatic heterocycles. The Morgan fingerprint density at radius 2 is 1.83 bits per heavy atom. The van der Waals surface area contributed by atoms with Crippen LogP contribution in [0.25, 0.3) is 33.2 Å². The molecule has 0 aliphatic rings. The second kappa shape index (κ2) is 6.79. The summed E-state index contributed by atoms with van der Waals surface area (Å²) in [6, 6.07) is 17.7. The monoisotopic (exact) mass is 402 g/mol. The van der Waals surface area contributed by atoms with Crippen LogP contribution >= 0.6 is 11.6 Å². The van der Waals surface area contributed by atoms with E-state index < -0.39 is 0 Å². The summed E-state index contributed by atoms with van der Waals surface area (Å²) in [5, 5.41) is 10.8. The highest BCUT2D eigenvalue weighted by molar-refractivity contribution is 6.32. The number of H-pyrrole nitrogens is 1. The molecule has 0 radical (unpaired) electrons. The molecule has 3 aromatic heterocycles. The Morgan fingerprint density at radius 3 is 2.62 bits per heavy atom. The summed E-state index contributed by atoms with van der Waals surface area (Å²) in [6.07, 6.45) is 2.10. The minimum absolute atomic E-state index is 0.120. The first kappa shape index (κ1) is 17.5. The van der Waals surface area contributed by atoms with Gasteiger partial charge in [0.2, 0.25) is 5.43 Å². The van der Waals surface area contributed by atoms with Gasteiger partial charge in [0.25, 0.3) is 0 Å². The van der Waals surface area contributed by atoms with Crippen LogP contribution in [-0.2, 0) is 6.42 Å². The van der Waals surface area contributed by atoms with Gasteiger partial charge in [-0.3, -0.25) is 4.79 Å². The van der Waals surface area contributed by atoms with Crippen LogP contribution < -0.4 is 5.43 Å². The largest absolute Gasteiger partial charge is 0.508 e. The molecule has 0 atom stereocenters. The molecule has 5 aromatic rings. The van der Waals surface area contributed by atoms with Crippen LogP contribution in [0.2, 0.25) is 5.15 Å². The number of phenols is 1. The zero-order valence-electron chi connectivity index (χ0n) is 15.1. The van der Waals surface area contributed by atoms with Crippen molar-refractivity contribution in [3.63, 3.8) is 0 Å². The zero-order valence-corrected chi connectivity index (χ0v) is 15.9. The van der Waals surface area contributed by atoms with E-state index in [0.29, 0.717) is 44.8 Å². The van der Waals surface area contributed by atoms with Crippen LogP contribution in [-0.4, -0.2) is 15.1 Å². The second-order valence-electron chi connectivity index (χ2n) is 6.80. The van der Waals surface area contributed by atoms with E-state index in [1.54, 1.807) is 36.5 Å². The number of pyridine rings is 1. The van der Waals surface area contributed by atoms with Gasteiger partial charge < -0.3 is 14.5 Å². The number of rotatable bonds is 3. The first-order chi connectivity index (χ1) is 14.1. The summed E-state index contributed by atoms with van der Waals surface area (Å²) in [6.45, 7) is 0. The predicted octanol–water partition coefficient (Wildman–Crippen LogP) is 5.29. The van der Waals surface area contributed by atoms with Crippen molar-refractivity contribution in [2.24, 2.45) is 0 Å². The topological polar surface area (TPSA) is 79.1 Å². The van der Waals surface area contributed by atoms with Gasteiger partial charge in [-0.2, -0.15) is 0 Å². The first-order valence-corrected chi connectivity index (χ1v) is 9.45. The van der Waals surface area contributed by atoms with Crippen molar-refractivity contribution in [2.45, 2.75) is 6.42 Å². The lowest BCUT2D eigenvalue weighted by Crippen LogP contribution is -2.02. The molecular formula is C23H15ClN2O3. The van der Waals surface area contributed by atoms with Crippen molar-refractivity contribution < 1.29 is 9.52 Å². The van der Waals surface area contributed by atoms with Crippen molar-refractivity contribution in [2.75, 3.05) is 0 Å². The quantitative estimate of drug-likeness (QED) is 0.402. The Morgan fingerprint density at radius 1 is 1.03 bits per heavy atom. The number of aromatic hydroxyl groups is 1. The third kappa shape index (κ3) is 2.96. The lowest BCUT2D eigenvalue weighted by molar-refractivity contribution is 0.475. The van der Waals surface area contributed by atoms with Gasteiger partial charge in [-0.15, -0.1) is 0 Å². The van der Waals surface area contributed by atoms with Gasteiger partial charge in [0.1, 0.15) is 16.5 Å². The number of benzene rings is 2. The average Bonchev–Trinajstić information content (AvgIpc) is 3.08. The fourth-order valence-corrected chi connectivity index (χ4v) is 3.78.